The standard InChI is InChI=1S/C23H27F2N3OS/c24-20-8-7-19(15-21(20)25)29-14-4-3-11-28-12-9-18(10-13-28)26-23-27-22-6-2-1-5-17(22)16-30-23/h1-2,5-8,15,18H,3-4,9-14,16H2,(H,26,27). The number of piperidine rings is 1. The van der Waals surface area contributed by atoms with Crippen LogP contribution in [-0.2, 0) is 5.75 Å². The van der Waals surface area contributed by atoms with Crippen molar-refractivity contribution in [2.24, 2.45) is 4.99 Å². The fourth-order valence-electron chi connectivity index (χ4n) is 3.77. The van der Waals surface area contributed by atoms with Crippen LogP contribution in [0.4, 0.5) is 14.5 Å². The lowest BCUT2D eigenvalue weighted by atomic mass is 10.1. The Morgan fingerprint density at radius 2 is 1.90 bits per heavy atom. The molecule has 4 rings (SSSR count). The highest BCUT2D eigenvalue weighted by Crippen LogP contribution is 2.30. The van der Waals surface area contributed by atoms with Crippen LogP contribution >= 0.6 is 11.8 Å². The first-order valence-corrected chi connectivity index (χ1v) is 11.5. The van der Waals surface area contributed by atoms with Crippen LogP contribution in [0.25, 0.3) is 0 Å². The molecule has 0 spiro atoms. The zero-order chi connectivity index (χ0) is 20.8. The van der Waals surface area contributed by atoms with Crippen LogP contribution in [0.2, 0.25) is 0 Å². The number of nitrogens with zero attached hydrogens (tertiary/aromatic N) is 2. The second-order valence-corrected chi connectivity index (χ2v) is 8.69. The quantitative estimate of drug-likeness (QED) is 0.618. The average Bonchev–Trinajstić information content (AvgIpc) is 2.77. The average molecular weight is 432 g/mol. The molecule has 1 N–H and O–H groups in total. The molecule has 0 aromatic heterocycles. The van der Waals surface area contributed by atoms with Gasteiger partial charge in [-0.05, 0) is 56.0 Å². The van der Waals surface area contributed by atoms with E-state index < -0.39 is 11.6 Å². The maximum atomic E-state index is 13.2. The van der Waals surface area contributed by atoms with Gasteiger partial charge in [0.1, 0.15) is 5.75 Å². The smallest absolute Gasteiger partial charge is 0.162 e. The highest BCUT2D eigenvalue weighted by atomic mass is 32.2. The number of ether oxygens (including phenoxy) is 1. The van der Waals surface area contributed by atoms with Crippen LogP contribution in [0.5, 0.6) is 5.75 Å². The molecular weight excluding hydrogens is 404 g/mol. The summed E-state index contributed by atoms with van der Waals surface area (Å²) in [6, 6.07) is 12.5. The topological polar surface area (TPSA) is 36.9 Å². The molecule has 0 atom stereocenters. The molecule has 2 aromatic rings. The van der Waals surface area contributed by atoms with Crippen LogP contribution < -0.4 is 10.1 Å². The van der Waals surface area contributed by atoms with Crippen molar-refractivity contribution in [1.82, 2.24) is 10.2 Å². The van der Waals surface area contributed by atoms with Gasteiger partial charge in [-0.15, -0.1) is 0 Å². The fourth-order valence-corrected chi connectivity index (χ4v) is 4.72. The van der Waals surface area contributed by atoms with E-state index in [0.717, 1.165) is 74.1 Å². The lowest BCUT2D eigenvalue weighted by Crippen LogP contribution is -2.44. The molecule has 2 aliphatic heterocycles. The number of benzene rings is 2. The molecule has 2 heterocycles. The van der Waals surface area contributed by atoms with Gasteiger partial charge in [-0.3, -0.25) is 0 Å². The number of para-hydroxylation sites is 1. The minimum Gasteiger partial charge on any atom is -0.493 e. The van der Waals surface area contributed by atoms with Gasteiger partial charge < -0.3 is 15.0 Å². The Hall–Kier alpha value is -2.12. The Kier molecular flexibility index (Phi) is 7.23. The molecule has 30 heavy (non-hydrogen) atoms. The van der Waals surface area contributed by atoms with Crippen LogP contribution in [0.1, 0.15) is 31.2 Å². The summed E-state index contributed by atoms with van der Waals surface area (Å²) in [7, 11) is 0. The zero-order valence-corrected chi connectivity index (χ0v) is 17.8. The van der Waals surface area contributed by atoms with Crippen LogP contribution in [0.15, 0.2) is 47.5 Å². The number of rotatable bonds is 7. The van der Waals surface area contributed by atoms with Gasteiger partial charge in [-0.1, -0.05) is 30.0 Å². The number of amidine groups is 1. The highest BCUT2D eigenvalue weighted by Gasteiger charge is 2.21. The number of halogens is 2. The molecule has 1 saturated heterocycles. The second-order valence-electron chi connectivity index (χ2n) is 7.73. The van der Waals surface area contributed by atoms with Crippen LogP contribution in [-0.4, -0.2) is 42.4 Å². The van der Waals surface area contributed by atoms with Crippen LogP contribution in [0, 0.1) is 11.6 Å². The van der Waals surface area contributed by atoms with Gasteiger partial charge in [-0.25, -0.2) is 13.8 Å². The Labute approximate surface area is 180 Å². The van der Waals surface area contributed by atoms with E-state index in [1.54, 1.807) is 11.8 Å². The molecule has 4 nitrogen and oxygen atoms in total. The van der Waals surface area contributed by atoms with E-state index in [9.17, 15) is 8.78 Å². The summed E-state index contributed by atoms with van der Waals surface area (Å²) in [5.74, 6) is -0.357. The number of nitrogens with one attached hydrogen (secondary N) is 1. The van der Waals surface area contributed by atoms with Gasteiger partial charge in [0.2, 0.25) is 0 Å². The van der Waals surface area contributed by atoms with Crippen molar-refractivity contribution in [3.8, 4) is 5.75 Å². The van der Waals surface area contributed by atoms with Crippen molar-refractivity contribution >= 4 is 22.6 Å². The predicted octanol–water partition coefficient (Wildman–Crippen LogP) is 5.11. The number of likely N-dealkylation sites (tertiary alicyclic amines) is 1. The molecule has 0 amide bonds. The number of hydrogen-bond acceptors (Lipinski definition) is 5. The minimum atomic E-state index is -0.870. The second kappa shape index (κ2) is 10.3. The third kappa shape index (κ3) is 5.73. The molecule has 0 bridgehead atoms. The Bertz CT molecular complexity index is 885. The van der Waals surface area contributed by atoms with E-state index in [1.165, 1.54) is 11.6 Å². The number of unbranched alkanes of at least 4 members (excludes halogenated alkanes) is 1. The summed E-state index contributed by atoms with van der Waals surface area (Å²) in [6.45, 7) is 3.71. The molecule has 0 aliphatic carbocycles. The molecule has 0 saturated carbocycles. The summed E-state index contributed by atoms with van der Waals surface area (Å²) in [4.78, 5) is 7.25. The van der Waals surface area contributed by atoms with Crippen LogP contribution in [0.3, 0.4) is 0 Å². The zero-order valence-electron chi connectivity index (χ0n) is 16.9. The number of thioether (sulfide) groups is 1. The lowest BCUT2D eigenvalue weighted by Gasteiger charge is -2.33. The summed E-state index contributed by atoms with van der Waals surface area (Å²) in [5.41, 5.74) is 2.39. The molecule has 0 unspecified atom stereocenters. The van der Waals surface area contributed by atoms with Gasteiger partial charge in [0.05, 0.1) is 12.3 Å². The summed E-state index contributed by atoms with van der Waals surface area (Å²) < 4.78 is 31.6. The van der Waals surface area contributed by atoms with Crippen molar-refractivity contribution in [2.75, 3.05) is 26.2 Å². The van der Waals surface area contributed by atoms with Gasteiger partial charge in [0.15, 0.2) is 16.8 Å². The Balaban J connectivity index is 1.12. The first-order valence-electron chi connectivity index (χ1n) is 10.5. The Morgan fingerprint density at radius 3 is 2.73 bits per heavy atom. The molecule has 0 radical (unpaired) electrons. The summed E-state index contributed by atoms with van der Waals surface area (Å²) in [5, 5.41) is 4.67. The molecule has 160 valence electrons. The van der Waals surface area contributed by atoms with Gasteiger partial charge >= 0.3 is 0 Å². The summed E-state index contributed by atoms with van der Waals surface area (Å²) >= 11 is 1.79. The highest BCUT2D eigenvalue weighted by molar-refractivity contribution is 8.13. The first kappa shape index (κ1) is 21.1. The minimum absolute atomic E-state index is 0.381. The van der Waals surface area contributed by atoms with E-state index in [0.29, 0.717) is 18.4 Å². The van der Waals surface area contributed by atoms with Gasteiger partial charge in [0.25, 0.3) is 0 Å². The summed E-state index contributed by atoms with van der Waals surface area (Å²) in [6.07, 6.45) is 4.16. The molecule has 7 heteroatoms. The molecular formula is C23H27F2N3OS. The largest absolute Gasteiger partial charge is 0.493 e. The van der Waals surface area contributed by atoms with Crippen molar-refractivity contribution in [2.45, 2.75) is 37.5 Å². The van der Waals surface area contributed by atoms with E-state index >= 15 is 0 Å². The SMILES string of the molecule is Fc1ccc(OCCCCN2CCC(NC3=Nc4ccccc4CS3)CC2)cc1F. The number of fused-ring (bicyclic) bond motifs is 1. The van der Waals surface area contributed by atoms with Gasteiger partial charge in [-0.2, -0.15) is 0 Å². The molecule has 2 aromatic carbocycles. The maximum Gasteiger partial charge on any atom is 0.162 e. The van der Waals surface area contributed by atoms with Crippen molar-refractivity contribution in [1.29, 1.82) is 0 Å². The lowest BCUT2D eigenvalue weighted by molar-refractivity contribution is 0.197. The third-order valence-corrected chi connectivity index (χ3v) is 6.46. The van der Waals surface area contributed by atoms with E-state index in [1.807, 2.05) is 6.07 Å². The number of aliphatic imine (C=N–C) groups is 1. The normalized spacial score (nSPS) is 17.3. The number of hydrogen-bond donors (Lipinski definition) is 1. The van der Waals surface area contributed by atoms with E-state index in [-0.39, 0.29) is 0 Å². The predicted molar refractivity (Wildman–Crippen MR) is 119 cm³/mol. The molecule has 1 fully saturated rings. The molecule has 2 aliphatic rings. The van der Waals surface area contributed by atoms with Crippen molar-refractivity contribution < 1.29 is 13.5 Å². The van der Waals surface area contributed by atoms with Crippen molar-refractivity contribution in [3.05, 3.63) is 59.7 Å². The maximum absolute atomic E-state index is 13.2. The monoisotopic (exact) mass is 431 g/mol. The van der Waals surface area contributed by atoms with E-state index in [2.05, 4.69) is 28.4 Å². The third-order valence-electron chi connectivity index (χ3n) is 5.52. The fraction of sp³-hybridized carbons (Fsp3) is 0.435. The van der Waals surface area contributed by atoms with Crippen molar-refractivity contribution in [3.63, 3.8) is 0 Å². The van der Waals surface area contributed by atoms with Gasteiger partial charge in [0, 0.05) is 31.0 Å². The Morgan fingerprint density at radius 1 is 1.07 bits per heavy atom. The first-order chi connectivity index (χ1) is 14.7. The van der Waals surface area contributed by atoms with E-state index in [4.69, 9.17) is 9.73 Å².